The van der Waals surface area contributed by atoms with Crippen LogP contribution in [-0.4, -0.2) is 33.2 Å². The monoisotopic (exact) mass is 245 g/mol. The molecule has 0 fully saturated rings. The van der Waals surface area contributed by atoms with Crippen molar-refractivity contribution in [3.63, 3.8) is 0 Å². The summed E-state index contributed by atoms with van der Waals surface area (Å²) in [5.74, 6) is -0.168. The summed E-state index contributed by atoms with van der Waals surface area (Å²) in [7, 11) is 1.69. The van der Waals surface area contributed by atoms with Crippen molar-refractivity contribution in [2.45, 2.75) is 13.5 Å². The van der Waals surface area contributed by atoms with E-state index in [0.717, 1.165) is 5.56 Å². The minimum absolute atomic E-state index is 0.0431. The number of hydrogen-bond acceptors (Lipinski definition) is 3. The highest BCUT2D eigenvalue weighted by Crippen LogP contribution is 2.22. The number of phenols is 1. The lowest BCUT2D eigenvalue weighted by Crippen LogP contribution is -2.26. The van der Waals surface area contributed by atoms with E-state index in [2.05, 4.69) is 10.2 Å². The first-order valence-corrected chi connectivity index (χ1v) is 5.61. The van der Waals surface area contributed by atoms with E-state index in [9.17, 15) is 9.90 Å². The number of aromatic nitrogens is 2. The molecule has 0 spiro atoms. The summed E-state index contributed by atoms with van der Waals surface area (Å²) in [5, 5.41) is 16.4. The zero-order valence-corrected chi connectivity index (χ0v) is 10.3. The number of rotatable bonds is 3. The summed E-state index contributed by atoms with van der Waals surface area (Å²) in [6, 6.07) is 5.15. The smallest absolute Gasteiger partial charge is 0.257 e. The van der Waals surface area contributed by atoms with Gasteiger partial charge in [0, 0.05) is 25.4 Å². The molecule has 0 aliphatic carbocycles. The predicted molar refractivity (Wildman–Crippen MR) is 67.2 cm³/mol. The van der Waals surface area contributed by atoms with Gasteiger partial charge in [-0.3, -0.25) is 9.89 Å². The number of para-hydroxylation sites is 1. The largest absolute Gasteiger partial charge is 0.507 e. The second-order valence-corrected chi connectivity index (χ2v) is 4.24. The number of carbonyl (C=O) groups excluding carboxylic acids is 1. The van der Waals surface area contributed by atoms with Crippen LogP contribution in [0.1, 0.15) is 21.5 Å². The van der Waals surface area contributed by atoms with Crippen LogP contribution in [0.4, 0.5) is 0 Å². The van der Waals surface area contributed by atoms with E-state index in [0.29, 0.717) is 17.7 Å². The third kappa shape index (κ3) is 2.34. The van der Waals surface area contributed by atoms with E-state index < -0.39 is 0 Å². The fraction of sp³-hybridized carbons (Fsp3) is 0.231. The Morgan fingerprint density at radius 2 is 2.28 bits per heavy atom. The number of carbonyl (C=O) groups is 1. The number of benzene rings is 1. The molecule has 94 valence electrons. The van der Waals surface area contributed by atoms with E-state index >= 15 is 0 Å². The molecule has 1 aromatic carbocycles. The van der Waals surface area contributed by atoms with Crippen LogP contribution >= 0.6 is 0 Å². The molecule has 1 aromatic heterocycles. The Morgan fingerprint density at radius 1 is 1.50 bits per heavy atom. The van der Waals surface area contributed by atoms with Gasteiger partial charge in [-0.1, -0.05) is 12.1 Å². The van der Waals surface area contributed by atoms with Gasteiger partial charge in [-0.2, -0.15) is 5.10 Å². The predicted octanol–water partition coefficient (Wildman–Crippen LogP) is 1.70. The summed E-state index contributed by atoms with van der Waals surface area (Å²) in [4.78, 5) is 13.7. The van der Waals surface area contributed by atoms with Crippen LogP contribution in [0.15, 0.2) is 30.6 Å². The minimum Gasteiger partial charge on any atom is -0.507 e. The average molecular weight is 245 g/mol. The molecule has 1 amide bonds. The molecule has 0 aliphatic rings. The van der Waals surface area contributed by atoms with Crippen LogP contribution in [0, 0.1) is 6.92 Å². The number of hydrogen-bond donors (Lipinski definition) is 2. The van der Waals surface area contributed by atoms with Crippen LogP contribution < -0.4 is 0 Å². The summed E-state index contributed by atoms with van der Waals surface area (Å²) in [6.45, 7) is 2.21. The van der Waals surface area contributed by atoms with E-state index in [-0.39, 0.29) is 11.7 Å². The van der Waals surface area contributed by atoms with Crippen LogP contribution in [0.25, 0.3) is 0 Å². The number of H-pyrrole nitrogens is 1. The normalized spacial score (nSPS) is 10.3. The Bertz CT molecular complexity index is 549. The zero-order valence-electron chi connectivity index (χ0n) is 10.3. The molecule has 0 atom stereocenters. The summed E-state index contributed by atoms with van der Waals surface area (Å²) < 4.78 is 0. The summed E-state index contributed by atoms with van der Waals surface area (Å²) >= 11 is 0. The van der Waals surface area contributed by atoms with Crippen molar-refractivity contribution in [2.75, 3.05) is 7.05 Å². The highest BCUT2D eigenvalue weighted by Gasteiger charge is 2.17. The number of aromatic amines is 1. The Hall–Kier alpha value is -2.30. The van der Waals surface area contributed by atoms with Crippen molar-refractivity contribution in [1.29, 1.82) is 0 Å². The summed E-state index contributed by atoms with van der Waals surface area (Å²) in [6.07, 6.45) is 3.40. The molecule has 0 saturated heterocycles. The van der Waals surface area contributed by atoms with Gasteiger partial charge in [-0.15, -0.1) is 0 Å². The van der Waals surface area contributed by atoms with Gasteiger partial charge in [0.05, 0.1) is 11.8 Å². The lowest BCUT2D eigenvalue weighted by molar-refractivity contribution is 0.0782. The van der Waals surface area contributed by atoms with Gasteiger partial charge in [-0.25, -0.2) is 0 Å². The Balaban J connectivity index is 2.18. The van der Waals surface area contributed by atoms with Gasteiger partial charge >= 0.3 is 0 Å². The van der Waals surface area contributed by atoms with Crippen LogP contribution in [-0.2, 0) is 6.54 Å². The van der Waals surface area contributed by atoms with Gasteiger partial charge in [-0.05, 0) is 18.6 Å². The number of amides is 1. The van der Waals surface area contributed by atoms with Crippen molar-refractivity contribution in [3.05, 3.63) is 47.3 Å². The summed E-state index contributed by atoms with van der Waals surface area (Å²) in [5.41, 5.74) is 1.93. The zero-order chi connectivity index (χ0) is 13.1. The molecule has 2 aromatic rings. The third-order valence-electron chi connectivity index (χ3n) is 2.79. The molecule has 2 rings (SSSR count). The van der Waals surface area contributed by atoms with E-state index in [1.165, 1.54) is 0 Å². The molecule has 2 N–H and O–H groups in total. The molecule has 5 nitrogen and oxygen atoms in total. The molecular weight excluding hydrogens is 230 g/mol. The SMILES string of the molecule is Cc1cccc(C(=O)N(C)Cc2cn[nH]c2)c1O. The maximum atomic E-state index is 12.2. The molecule has 0 bridgehead atoms. The lowest BCUT2D eigenvalue weighted by Gasteiger charge is -2.17. The van der Waals surface area contributed by atoms with E-state index in [4.69, 9.17) is 0 Å². The number of aryl methyl sites for hydroxylation is 1. The Kier molecular flexibility index (Phi) is 3.32. The second kappa shape index (κ2) is 4.91. The molecule has 18 heavy (non-hydrogen) atoms. The van der Waals surface area contributed by atoms with E-state index in [1.54, 1.807) is 49.5 Å². The number of phenolic OH excluding ortho intramolecular Hbond substituents is 1. The first-order valence-electron chi connectivity index (χ1n) is 5.61. The molecule has 0 aliphatic heterocycles. The number of nitrogens with one attached hydrogen (secondary N) is 1. The molecule has 0 unspecified atom stereocenters. The highest BCUT2D eigenvalue weighted by molar-refractivity contribution is 5.97. The Labute approximate surface area is 105 Å². The molecule has 5 heteroatoms. The van der Waals surface area contributed by atoms with Gasteiger partial charge in [0.1, 0.15) is 5.75 Å². The molecule has 0 radical (unpaired) electrons. The van der Waals surface area contributed by atoms with Crippen LogP contribution in [0.3, 0.4) is 0 Å². The lowest BCUT2D eigenvalue weighted by atomic mass is 10.1. The second-order valence-electron chi connectivity index (χ2n) is 4.24. The van der Waals surface area contributed by atoms with Crippen molar-refractivity contribution >= 4 is 5.91 Å². The quantitative estimate of drug-likeness (QED) is 0.864. The van der Waals surface area contributed by atoms with Crippen molar-refractivity contribution in [2.24, 2.45) is 0 Å². The topological polar surface area (TPSA) is 69.2 Å². The van der Waals surface area contributed by atoms with Gasteiger partial charge in [0.15, 0.2) is 0 Å². The number of aromatic hydroxyl groups is 1. The van der Waals surface area contributed by atoms with Gasteiger partial charge in [0.25, 0.3) is 5.91 Å². The fourth-order valence-electron chi connectivity index (χ4n) is 1.75. The maximum Gasteiger partial charge on any atom is 0.257 e. The maximum absolute atomic E-state index is 12.2. The molecule has 1 heterocycles. The van der Waals surface area contributed by atoms with Gasteiger partial charge < -0.3 is 10.0 Å². The van der Waals surface area contributed by atoms with Crippen molar-refractivity contribution in [3.8, 4) is 5.75 Å². The first-order chi connectivity index (χ1) is 8.59. The minimum atomic E-state index is -0.211. The average Bonchev–Trinajstić information content (AvgIpc) is 2.84. The van der Waals surface area contributed by atoms with Crippen LogP contribution in [0.2, 0.25) is 0 Å². The van der Waals surface area contributed by atoms with Crippen molar-refractivity contribution < 1.29 is 9.90 Å². The first kappa shape index (κ1) is 12.2. The number of nitrogens with zero attached hydrogens (tertiary/aromatic N) is 2. The van der Waals surface area contributed by atoms with Gasteiger partial charge in [0.2, 0.25) is 0 Å². The highest BCUT2D eigenvalue weighted by atomic mass is 16.3. The molecular formula is C13H15N3O2. The van der Waals surface area contributed by atoms with Crippen LogP contribution in [0.5, 0.6) is 5.75 Å². The van der Waals surface area contributed by atoms with Crippen molar-refractivity contribution in [1.82, 2.24) is 15.1 Å². The molecule has 0 saturated carbocycles. The van der Waals surface area contributed by atoms with E-state index in [1.807, 2.05) is 0 Å². The third-order valence-corrected chi connectivity index (χ3v) is 2.79. The fourth-order valence-corrected chi connectivity index (χ4v) is 1.75. The Morgan fingerprint density at radius 3 is 2.94 bits per heavy atom. The standard InChI is InChI=1S/C13H15N3O2/c1-9-4-3-5-11(12(9)17)13(18)16(2)8-10-6-14-15-7-10/h3-7,17H,8H2,1-2H3,(H,14,15).